The van der Waals surface area contributed by atoms with Gasteiger partial charge in [0, 0.05) is 28.3 Å². The number of aliphatic imine (C=N–C) groups is 1. The Morgan fingerprint density at radius 2 is 1.81 bits per heavy atom. The van der Waals surface area contributed by atoms with Crippen LogP contribution in [0.3, 0.4) is 0 Å². The molecule has 5 nitrogen and oxygen atoms in total. The third-order valence-corrected chi connectivity index (χ3v) is 7.06. The summed E-state index contributed by atoms with van der Waals surface area (Å²) in [5.74, 6) is -0.953. The highest BCUT2D eigenvalue weighted by Gasteiger charge is 2.57. The van der Waals surface area contributed by atoms with E-state index in [2.05, 4.69) is 10.3 Å². The Balaban J connectivity index is 1.84. The van der Waals surface area contributed by atoms with Crippen molar-refractivity contribution in [2.24, 2.45) is 4.99 Å². The summed E-state index contributed by atoms with van der Waals surface area (Å²) in [5.41, 5.74) is -0.464. The molecule has 4 rings (SSSR count). The van der Waals surface area contributed by atoms with Crippen LogP contribution < -0.4 is 9.88 Å². The molecule has 2 heterocycles. The minimum atomic E-state index is -1.08. The fourth-order valence-corrected chi connectivity index (χ4v) is 5.35. The smallest absolute Gasteiger partial charge is 0.324 e. The number of carbonyl (C=O) groups is 1. The van der Waals surface area contributed by atoms with Crippen molar-refractivity contribution in [3.63, 3.8) is 0 Å². The maximum absolute atomic E-state index is 12.7. The summed E-state index contributed by atoms with van der Waals surface area (Å²) >= 11 is 13.7. The molecular formula is C24H20Cl2N3O2S+. The zero-order valence-corrected chi connectivity index (χ0v) is 19.1. The summed E-state index contributed by atoms with van der Waals surface area (Å²) in [4.78, 5) is 18.2. The number of nitrogens with one attached hydrogen (secondary N) is 1. The molecule has 8 heteroatoms. The van der Waals surface area contributed by atoms with Gasteiger partial charge in [-0.3, -0.25) is 9.79 Å². The Morgan fingerprint density at radius 1 is 1.09 bits per heavy atom. The van der Waals surface area contributed by atoms with E-state index < -0.39 is 22.9 Å². The van der Waals surface area contributed by atoms with E-state index in [-0.39, 0.29) is 0 Å². The molecule has 0 fully saturated rings. The standard InChI is InChI=1S/C24H19Cl2N3O2S/c25-17-10-11-20(19(26)16-17)28-23-24(12-7-13-27-23,29-14-5-2-6-15-29)21(22(30)31)32-18-8-3-1-4-9-18/h1-16,21,23,28H/p+1. The first-order valence-electron chi connectivity index (χ1n) is 9.84. The Morgan fingerprint density at radius 3 is 2.50 bits per heavy atom. The first kappa shape index (κ1) is 22.4. The summed E-state index contributed by atoms with van der Waals surface area (Å²) in [6.07, 6.45) is 8.38. The summed E-state index contributed by atoms with van der Waals surface area (Å²) in [6, 6.07) is 20.2. The Kier molecular flexibility index (Phi) is 6.84. The molecule has 32 heavy (non-hydrogen) atoms. The lowest BCUT2D eigenvalue weighted by atomic mass is 9.87. The van der Waals surface area contributed by atoms with Gasteiger partial charge in [0.25, 0.3) is 0 Å². The molecule has 0 amide bonds. The molecule has 162 valence electrons. The van der Waals surface area contributed by atoms with Crippen molar-refractivity contribution in [2.75, 3.05) is 5.32 Å². The molecule has 0 saturated heterocycles. The topological polar surface area (TPSA) is 65.6 Å². The van der Waals surface area contributed by atoms with Crippen molar-refractivity contribution in [1.29, 1.82) is 0 Å². The van der Waals surface area contributed by atoms with Crippen LogP contribution in [0.1, 0.15) is 0 Å². The Hall–Kier alpha value is -2.80. The van der Waals surface area contributed by atoms with Gasteiger partial charge in [-0.2, -0.15) is 4.57 Å². The number of aromatic nitrogens is 1. The zero-order valence-electron chi connectivity index (χ0n) is 16.8. The highest BCUT2D eigenvalue weighted by molar-refractivity contribution is 8.00. The number of nitrogens with zero attached hydrogens (tertiary/aromatic N) is 2. The van der Waals surface area contributed by atoms with Gasteiger partial charge < -0.3 is 10.4 Å². The van der Waals surface area contributed by atoms with Crippen LogP contribution in [0.2, 0.25) is 10.0 Å². The number of allylic oxidation sites excluding steroid dienone is 1. The molecule has 0 spiro atoms. The third-order valence-electron chi connectivity index (χ3n) is 5.15. The quantitative estimate of drug-likeness (QED) is 0.352. The van der Waals surface area contributed by atoms with Gasteiger partial charge in [-0.1, -0.05) is 47.5 Å². The van der Waals surface area contributed by atoms with Crippen molar-refractivity contribution in [1.82, 2.24) is 0 Å². The van der Waals surface area contributed by atoms with Crippen LogP contribution in [0, 0.1) is 0 Å². The largest absolute Gasteiger partial charge is 0.480 e. The number of dihydropyridines is 1. The fraction of sp³-hybridized carbons (Fsp3) is 0.125. The van der Waals surface area contributed by atoms with Crippen LogP contribution in [-0.2, 0) is 10.3 Å². The highest BCUT2D eigenvalue weighted by Crippen LogP contribution is 2.39. The fourth-order valence-electron chi connectivity index (χ4n) is 3.68. The molecule has 2 N–H and O–H groups in total. The summed E-state index contributed by atoms with van der Waals surface area (Å²) in [6.45, 7) is 0. The van der Waals surface area contributed by atoms with E-state index >= 15 is 0 Å². The van der Waals surface area contributed by atoms with Gasteiger partial charge in [-0.25, -0.2) is 0 Å². The number of halogens is 2. The average molecular weight is 485 g/mol. The number of anilines is 1. The van der Waals surface area contributed by atoms with Gasteiger partial charge in [0.15, 0.2) is 23.8 Å². The molecule has 0 radical (unpaired) electrons. The second-order valence-electron chi connectivity index (χ2n) is 7.15. The first-order valence-corrected chi connectivity index (χ1v) is 11.5. The van der Waals surface area contributed by atoms with Gasteiger partial charge >= 0.3 is 5.97 Å². The van der Waals surface area contributed by atoms with Gasteiger partial charge in [-0.15, -0.1) is 11.8 Å². The lowest BCUT2D eigenvalue weighted by Crippen LogP contribution is -2.70. The van der Waals surface area contributed by atoms with E-state index in [1.807, 2.05) is 71.6 Å². The second-order valence-corrected chi connectivity index (χ2v) is 9.17. The number of benzene rings is 2. The molecule has 1 aliphatic heterocycles. The predicted octanol–water partition coefficient (Wildman–Crippen LogP) is 5.30. The molecule has 3 unspecified atom stereocenters. The van der Waals surface area contributed by atoms with Crippen LogP contribution in [0.4, 0.5) is 5.69 Å². The first-order chi connectivity index (χ1) is 15.5. The van der Waals surface area contributed by atoms with E-state index in [0.717, 1.165) is 4.90 Å². The van der Waals surface area contributed by atoms with Crippen molar-refractivity contribution in [3.05, 3.63) is 101 Å². The minimum absolute atomic E-state index is 0.428. The minimum Gasteiger partial charge on any atom is -0.480 e. The number of hydrogen-bond donors (Lipinski definition) is 2. The lowest BCUT2D eigenvalue weighted by Gasteiger charge is -2.37. The van der Waals surface area contributed by atoms with E-state index in [0.29, 0.717) is 15.7 Å². The van der Waals surface area contributed by atoms with Crippen LogP contribution in [0.5, 0.6) is 0 Å². The van der Waals surface area contributed by atoms with E-state index in [1.165, 1.54) is 11.8 Å². The number of rotatable bonds is 7. The lowest BCUT2D eigenvalue weighted by molar-refractivity contribution is -0.752. The number of aliphatic carboxylic acids is 1. The molecule has 1 aliphatic rings. The molecule has 3 aromatic rings. The molecular weight excluding hydrogens is 465 g/mol. The summed E-state index contributed by atoms with van der Waals surface area (Å²) in [7, 11) is 0. The molecule has 3 atom stereocenters. The maximum Gasteiger partial charge on any atom is 0.324 e. The Labute approximate surface area is 200 Å². The number of carboxylic acid groups (broad SMARTS) is 1. The van der Waals surface area contributed by atoms with Gasteiger partial charge in [0.2, 0.25) is 5.54 Å². The maximum atomic E-state index is 12.7. The number of thioether (sulfide) groups is 1. The molecule has 0 bridgehead atoms. The highest BCUT2D eigenvalue weighted by atomic mass is 35.5. The number of carboxylic acids is 1. The molecule has 0 saturated carbocycles. The van der Waals surface area contributed by atoms with E-state index in [1.54, 1.807) is 30.5 Å². The second kappa shape index (κ2) is 9.77. The van der Waals surface area contributed by atoms with Gasteiger partial charge in [0.05, 0.1) is 10.7 Å². The van der Waals surface area contributed by atoms with E-state index in [4.69, 9.17) is 23.2 Å². The van der Waals surface area contributed by atoms with Crippen LogP contribution in [0.15, 0.2) is 101 Å². The predicted molar refractivity (Wildman–Crippen MR) is 130 cm³/mol. The molecule has 2 aromatic carbocycles. The van der Waals surface area contributed by atoms with Crippen molar-refractivity contribution in [2.45, 2.75) is 21.9 Å². The zero-order chi connectivity index (χ0) is 22.6. The number of hydrogen-bond acceptors (Lipinski definition) is 4. The molecule has 1 aromatic heterocycles. The van der Waals surface area contributed by atoms with Crippen LogP contribution in [-0.4, -0.2) is 28.7 Å². The van der Waals surface area contributed by atoms with Crippen LogP contribution >= 0.6 is 35.0 Å². The normalized spacial score (nSPS) is 20.6. The van der Waals surface area contributed by atoms with Crippen molar-refractivity contribution >= 4 is 52.8 Å². The van der Waals surface area contributed by atoms with E-state index in [9.17, 15) is 9.90 Å². The van der Waals surface area contributed by atoms with Gasteiger partial charge in [-0.05, 0) is 42.5 Å². The SMILES string of the molecule is O=C(O)C(Sc1ccccc1)C1([n+]2ccccc2)C=CC=NC1Nc1ccc(Cl)cc1Cl. The Bertz CT molecular complexity index is 1160. The van der Waals surface area contributed by atoms with Gasteiger partial charge in [0.1, 0.15) is 0 Å². The average Bonchev–Trinajstić information content (AvgIpc) is 2.81. The molecule has 0 aliphatic carbocycles. The van der Waals surface area contributed by atoms with Crippen LogP contribution in [0.25, 0.3) is 0 Å². The third kappa shape index (κ3) is 4.53. The monoisotopic (exact) mass is 484 g/mol. The van der Waals surface area contributed by atoms with Crippen molar-refractivity contribution in [3.8, 4) is 0 Å². The number of pyridine rings is 1. The summed E-state index contributed by atoms with van der Waals surface area (Å²) < 4.78 is 1.89. The van der Waals surface area contributed by atoms with Crippen molar-refractivity contribution < 1.29 is 14.5 Å². The summed E-state index contributed by atoms with van der Waals surface area (Å²) in [5, 5.41) is 13.8.